The third-order valence-electron chi connectivity index (χ3n) is 6.51. The van der Waals surface area contributed by atoms with Gasteiger partial charge in [-0.2, -0.15) is 4.31 Å². The Hall–Kier alpha value is -1.14. The number of sulfonamides is 1. The highest BCUT2D eigenvalue weighted by Gasteiger charge is 2.54. The van der Waals surface area contributed by atoms with Gasteiger partial charge >= 0.3 is 0 Å². The van der Waals surface area contributed by atoms with Crippen LogP contribution in [0.15, 0.2) is 41.3 Å². The van der Waals surface area contributed by atoms with Gasteiger partial charge in [0.25, 0.3) is 0 Å². The molecule has 6 heteroatoms. The lowest BCUT2D eigenvalue weighted by Gasteiger charge is -2.44. The van der Waals surface area contributed by atoms with Crippen LogP contribution in [0.3, 0.4) is 0 Å². The molecule has 0 aromatic heterocycles. The van der Waals surface area contributed by atoms with Crippen molar-refractivity contribution in [2.75, 3.05) is 6.54 Å². The molecule has 138 valence electrons. The largest absolute Gasteiger partial charge is 0.375 e. The van der Waals surface area contributed by atoms with Crippen molar-refractivity contribution >= 4 is 32.4 Å². The normalized spacial score (nSPS) is 34.3. The van der Waals surface area contributed by atoms with Gasteiger partial charge in [-0.1, -0.05) is 29.8 Å². The molecular formula is C20H22ClNO3S. The maximum absolute atomic E-state index is 13.5. The first-order chi connectivity index (χ1) is 12.3. The maximum Gasteiger partial charge on any atom is 0.245 e. The van der Waals surface area contributed by atoms with E-state index >= 15 is 0 Å². The second kappa shape index (κ2) is 5.68. The van der Waals surface area contributed by atoms with Gasteiger partial charge in [0.15, 0.2) is 0 Å². The van der Waals surface area contributed by atoms with Crippen molar-refractivity contribution in [1.29, 1.82) is 0 Å². The number of halogens is 1. The summed E-state index contributed by atoms with van der Waals surface area (Å²) >= 11 is 6.21. The summed E-state index contributed by atoms with van der Waals surface area (Å²) in [5, 5.41) is 13.6. The van der Waals surface area contributed by atoms with Crippen LogP contribution in [-0.2, 0) is 10.0 Å². The lowest BCUT2D eigenvalue weighted by molar-refractivity contribution is -0.104. The van der Waals surface area contributed by atoms with Gasteiger partial charge in [-0.15, -0.1) is 0 Å². The van der Waals surface area contributed by atoms with E-state index in [1.165, 1.54) is 4.31 Å². The number of nitrogens with zero attached hydrogens (tertiary/aromatic N) is 1. The summed E-state index contributed by atoms with van der Waals surface area (Å²) in [4.78, 5) is 0.238. The molecule has 2 saturated heterocycles. The molecule has 2 saturated carbocycles. The minimum Gasteiger partial charge on any atom is -0.375 e. The van der Waals surface area contributed by atoms with E-state index < -0.39 is 15.7 Å². The number of hydrogen-bond donors (Lipinski definition) is 1. The first kappa shape index (κ1) is 17.0. The van der Waals surface area contributed by atoms with Crippen LogP contribution >= 0.6 is 11.6 Å². The summed E-state index contributed by atoms with van der Waals surface area (Å²) in [6.07, 6.45) is 4.36. The van der Waals surface area contributed by atoms with Gasteiger partial charge in [-0.3, -0.25) is 0 Å². The van der Waals surface area contributed by atoms with Crippen LogP contribution in [0.25, 0.3) is 10.8 Å². The summed E-state index contributed by atoms with van der Waals surface area (Å²) < 4.78 is 28.4. The molecule has 4 nitrogen and oxygen atoms in total. The molecule has 2 aromatic rings. The van der Waals surface area contributed by atoms with Gasteiger partial charge in [-0.25, -0.2) is 8.42 Å². The number of hydrogen-bond acceptors (Lipinski definition) is 3. The number of rotatable bonds is 2. The van der Waals surface area contributed by atoms with Crippen molar-refractivity contribution < 1.29 is 13.5 Å². The first-order valence-electron chi connectivity index (χ1n) is 9.29. The monoisotopic (exact) mass is 391 g/mol. The Kier molecular flexibility index (Phi) is 3.71. The molecular weight excluding hydrogens is 370 g/mol. The van der Waals surface area contributed by atoms with E-state index in [2.05, 4.69) is 0 Å². The quantitative estimate of drug-likeness (QED) is 0.841. The van der Waals surface area contributed by atoms with E-state index in [1.54, 1.807) is 24.3 Å². The topological polar surface area (TPSA) is 57.6 Å². The minimum atomic E-state index is -3.76. The van der Waals surface area contributed by atoms with Crippen LogP contribution in [0.1, 0.15) is 32.1 Å². The average molecular weight is 392 g/mol. The second-order valence-corrected chi connectivity index (χ2v) is 10.6. The maximum atomic E-state index is 13.5. The minimum absolute atomic E-state index is 0.238. The van der Waals surface area contributed by atoms with Crippen molar-refractivity contribution in [3.8, 4) is 0 Å². The molecule has 2 aliphatic heterocycles. The number of fused-ring (bicyclic) bond motifs is 2. The fourth-order valence-corrected chi connectivity index (χ4v) is 7.65. The Labute approximate surface area is 158 Å². The number of benzene rings is 2. The van der Waals surface area contributed by atoms with Crippen molar-refractivity contribution in [3.05, 3.63) is 41.4 Å². The highest BCUT2D eigenvalue weighted by molar-refractivity contribution is 7.89. The van der Waals surface area contributed by atoms with E-state index in [-0.39, 0.29) is 4.90 Å². The Bertz CT molecular complexity index is 976. The Morgan fingerprint density at radius 2 is 1.73 bits per heavy atom. The predicted octanol–water partition coefficient (Wildman–Crippen LogP) is 4.01. The fourth-order valence-electron chi connectivity index (χ4n) is 5.63. The summed E-state index contributed by atoms with van der Waals surface area (Å²) in [7, 11) is -3.76. The lowest BCUT2D eigenvalue weighted by atomic mass is 9.67. The summed E-state index contributed by atoms with van der Waals surface area (Å²) in [5.41, 5.74) is -1.24. The van der Waals surface area contributed by atoms with Gasteiger partial charge in [-0.05, 0) is 73.4 Å². The Balaban J connectivity index is 1.60. The zero-order chi connectivity index (χ0) is 18.1. The van der Waals surface area contributed by atoms with Crippen molar-refractivity contribution in [1.82, 2.24) is 4.31 Å². The van der Waals surface area contributed by atoms with E-state index in [4.69, 9.17) is 11.6 Å². The summed E-state index contributed by atoms with van der Waals surface area (Å²) in [6, 6.07) is 10.5. The molecule has 2 heterocycles. The zero-order valence-corrected chi connectivity index (χ0v) is 16.0. The molecule has 0 radical (unpaired) electrons. The summed E-state index contributed by atoms with van der Waals surface area (Å²) in [6.45, 7) is 0.430. The SMILES string of the molecule is O=S(=O)(c1ccc2c(Cl)cccc2c1)N1CC2CC3CC(C2)CC1(O)C3. The van der Waals surface area contributed by atoms with E-state index in [0.717, 1.165) is 30.0 Å². The molecule has 2 unspecified atom stereocenters. The molecule has 4 bridgehead atoms. The standard InChI is InChI=1S/C20H22ClNO3S/c21-19-3-1-2-16-9-17(4-5-18(16)19)26(24,25)22-12-15-7-13-6-14(8-15)11-20(22,23)10-13/h1-5,9,13-15,23H,6-8,10-12H2. The zero-order valence-electron chi connectivity index (χ0n) is 14.4. The first-order valence-corrected chi connectivity index (χ1v) is 11.1. The smallest absolute Gasteiger partial charge is 0.245 e. The van der Waals surface area contributed by atoms with Crippen LogP contribution in [0.5, 0.6) is 0 Å². The molecule has 26 heavy (non-hydrogen) atoms. The lowest BCUT2D eigenvalue weighted by Crippen LogP contribution is -2.53. The van der Waals surface area contributed by atoms with Crippen LogP contribution in [-0.4, -0.2) is 30.1 Å². The molecule has 2 atom stereocenters. The van der Waals surface area contributed by atoms with Crippen molar-refractivity contribution in [2.24, 2.45) is 17.8 Å². The molecule has 4 aliphatic rings. The van der Waals surface area contributed by atoms with Gasteiger partial charge in [0.05, 0.1) is 4.90 Å². The van der Waals surface area contributed by atoms with Crippen molar-refractivity contribution in [3.63, 3.8) is 0 Å². The van der Waals surface area contributed by atoms with Crippen LogP contribution in [0.2, 0.25) is 5.02 Å². The van der Waals surface area contributed by atoms with E-state index in [0.29, 0.717) is 42.2 Å². The fraction of sp³-hybridized carbons (Fsp3) is 0.500. The third-order valence-corrected chi connectivity index (χ3v) is 8.75. The van der Waals surface area contributed by atoms with Gasteiger partial charge in [0.1, 0.15) is 5.72 Å². The van der Waals surface area contributed by atoms with E-state index in [1.807, 2.05) is 12.1 Å². The molecule has 1 N–H and O–H groups in total. The van der Waals surface area contributed by atoms with Gasteiger partial charge in [0.2, 0.25) is 10.0 Å². The molecule has 0 amide bonds. The third kappa shape index (κ3) is 2.52. The van der Waals surface area contributed by atoms with Gasteiger partial charge < -0.3 is 5.11 Å². The Morgan fingerprint density at radius 1 is 1.04 bits per heavy atom. The molecule has 2 aliphatic carbocycles. The predicted molar refractivity (Wildman–Crippen MR) is 101 cm³/mol. The molecule has 4 fully saturated rings. The van der Waals surface area contributed by atoms with Crippen LogP contribution in [0, 0.1) is 17.8 Å². The average Bonchev–Trinajstić information content (AvgIpc) is 2.74. The van der Waals surface area contributed by atoms with Crippen molar-refractivity contribution in [2.45, 2.75) is 42.7 Å². The van der Waals surface area contributed by atoms with Gasteiger partial charge in [0, 0.05) is 17.0 Å². The molecule has 6 rings (SSSR count). The highest BCUT2D eigenvalue weighted by Crippen LogP contribution is 2.52. The number of aliphatic hydroxyl groups is 1. The Morgan fingerprint density at radius 3 is 2.46 bits per heavy atom. The van der Waals surface area contributed by atoms with Crippen LogP contribution in [0.4, 0.5) is 0 Å². The van der Waals surface area contributed by atoms with Crippen LogP contribution < -0.4 is 0 Å². The highest BCUT2D eigenvalue weighted by atomic mass is 35.5. The molecule has 0 spiro atoms. The second-order valence-electron chi connectivity index (χ2n) is 8.35. The molecule has 2 aromatic carbocycles. The van der Waals surface area contributed by atoms with E-state index in [9.17, 15) is 13.5 Å². The summed E-state index contributed by atoms with van der Waals surface area (Å²) in [5.74, 6) is 1.26.